The summed E-state index contributed by atoms with van der Waals surface area (Å²) in [5, 5.41) is 8.98. The third-order valence-electron chi connectivity index (χ3n) is 4.54. The van der Waals surface area contributed by atoms with Crippen molar-refractivity contribution in [2.45, 2.75) is 6.18 Å². The van der Waals surface area contributed by atoms with Crippen LogP contribution in [0.3, 0.4) is 0 Å². The van der Waals surface area contributed by atoms with Crippen molar-refractivity contribution in [1.29, 1.82) is 0 Å². The third-order valence-corrected chi connectivity index (χ3v) is 5.84. The first-order valence-electron chi connectivity index (χ1n) is 9.02. The Morgan fingerprint density at radius 2 is 1.81 bits per heavy atom. The number of carboxylic acid groups (broad SMARTS) is 1. The SMILES string of the molecule is O=C(O)c1ccc(-c2ccc(/C=C3\SC(=S)N(c4cccc(C(F)(F)F)c4)C3=O)o2)cc1. The highest BCUT2D eigenvalue weighted by Gasteiger charge is 2.36. The van der Waals surface area contributed by atoms with Gasteiger partial charge in [0.15, 0.2) is 4.32 Å². The van der Waals surface area contributed by atoms with Gasteiger partial charge in [0, 0.05) is 11.6 Å². The van der Waals surface area contributed by atoms with Crippen LogP contribution < -0.4 is 4.90 Å². The van der Waals surface area contributed by atoms with Crippen LogP contribution in [0.1, 0.15) is 21.7 Å². The third kappa shape index (κ3) is 4.32. The van der Waals surface area contributed by atoms with Crippen LogP contribution in [0.4, 0.5) is 18.9 Å². The molecule has 1 saturated heterocycles. The molecule has 0 aliphatic carbocycles. The first kappa shape index (κ1) is 21.8. The van der Waals surface area contributed by atoms with Crippen LogP contribution in [-0.2, 0) is 11.0 Å². The smallest absolute Gasteiger partial charge is 0.416 e. The van der Waals surface area contributed by atoms with Gasteiger partial charge in [-0.25, -0.2) is 4.79 Å². The van der Waals surface area contributed by atoms with E-state index in [4.69, 9.17) is 21.7 Å². The number of halogens is 3. The number of alkyl halides is 3. The highest BCUT2D eigenvalue weighted by molar-refractivity contribution is 8.27. The molecule has 0 atom stereocenters. The van der Waals surface area contributed by atoms with Crippen LogP contribution in [0.5, 0.6) is 0 Å². The zero-order chi connectivity index (χ0) is 23.0. The number of hydrogen-bond donors (Lipinski definition) is 1. The van der Waals surface area contributed by atoms with Crippen LogP contribution in [-0.4, -0.2) is 21.3 Å². The first-order valence-corrected chi connectivity index (χ1v) is 10.2. The Morgan fingerprint density at radius 1 is 1.09 bits per heavy atom. The summed E-state index contributed by atoms with van der Waals surface area (Å²) >= 11 is 6.17. The van der Waals surface area contributed by atoms with E-state index >= 15 is 0 Å². The van der Waals surface area contributed by atoms with E-state index in [1.54, 1.807) is 24.3 Å². The predicted octanol–water partition coefficient (Wildman–Crippen LogP) is 6.07. The van der Waals surface area contributed by atoms with Crippen molar-refractivity contribution in [2.24, 2.45) is 0 Å². The molecule has 1 fully saturated rings. The standard InChI is InChI=1S/C22H12F3NO4S2/c23-22(24,25)14-2-1-3-15(10-14)26-19(27)18(32-21(26)31)11-16-8-9-17(30-16)12-4-6-13(7-5-12)20(28)29/h1-11H,(H,28,29)/b18-11-. The number of carbonyl (C=O) groups is 2. The molecule has 32 heavy (non-hydrogen) atoms. The van der Waals surface area contributed by atoms with Crippen molar-refractivity contribution in [3.63, 3.8) is 0 Å². The number of carbonyl (C=O) groups excluding carboxylic acids is 1. The highest BCUT2D eigenvalue weighted by atomic mass is 32.2. The Hall–Kier alpha value is -3.37. The molecular formula is C22H12F3NO4S2. The van der Waals surface area contributed by atoms with Gasteiger partial charge in [0.1, 0.15) is 11.5 Å². The summed E-state index contributed by atoms with van der Waals surface area (Å²) in [6.45, 7) is 0. The van der Waals surface area contributed by atoms with Crippen LogP contribution in [0, 0.1) is 0 Å². The minimum Gasteiger partial charge on any atom is -0.478 e. The van der Waals surface area contributed by atoms with Crippen LogP contribution >= 0.6 is 24.0 Å². The van der Waals surface area contributed by atoms with Crippen molar-refractivity contribution in [2.75, 3.05) is 4.90 Å². The lowest BCUT2D eigenvalue weighted by Gasteiger charge is -2.16. The second kappa shape index (κ2) is 8.29. The molecule has 1 amide bonds. The second-order valence-electron chi connectivity index (χ2n) is 6.65. The number of thioether (sulfide) groups is 1. The van der Waals surface area contributed by atoms with E-state index in [1.807, 2.05) is 0 Å². The largest absolute Gasteiger partial charge is 0.478 e. The summed E-state index contributed by atoms with van der Waals surface area (Å²) in [5.74, 6) is -0.795. The molecule has 10 heteroatoms. The van der Waals surface area contributed by atoms with Gasteiger partial charge in [0.05, 0.1) is 21.7 Å². The number of rotatable bonds is 4. The van der Waals surface area contributed by atoms with E-state index in [2.05, 4.69) is 0 Å². The number of furan rings is 1. The quantitative estimate of drug-likeness (QED) is 0.365. The summed E-state index contributed by atoms with van der Waals surface area (Å²) in [6.07, 6.45) is -3.08. The Labute approximate surface area is 189 Å². The molecular weight excluding hydrogens is 463 g/mol. The summed E-state index contributed by atoms with van der Waals surface area (Å²) in [5.41, 5.74) is -0.0630. The van der Waals surface area contributed by atoms with E-state index in [9.17, 15) is 22.8 Å². The molecule has 0 spiro atoms. The predicted molar refractivity (Wildman–Crippen MR) is 118 cm³/mol. The van der Waals surface area contributed by atoms with Gasteiger partial charge in [-0.15, -0.1) is 0 Å². The van der Waals surface area contributed by atoms with Gasteiger partial charge in [0.2, 0.25) is 0 Å². The van der Waals surface area contributed by atoms with Crippen molar-refractivity contribution in [3.05, 3.63) is 82.5 Å². The number of hydrogen-bond acceptors (Lipinski definition) is 5. The molecule has 3 aromatic rings. The summed E-state index contributed by atoms with van der Waals surface area (Å²) in [7, 11) is 0. The van der Waals surface area contributed by atoms with Crippen molar-refractivity contribution in [3.8, 4) is 11.3 Å². The van der Waals surface area contributed by atoms with Crippen LogP contribution in [0.15, 0.2) is 70.0 Å². The zero-order valence-corrected chi connectivity index (χ0v) is 17.6. The van der Waals surface area contributed by atoms with Gasteiger partial charge < -0.3 is 9.52 Å². The number of anilines is 1. The van der Waals surface area contributed by atoms with Gasteiger partial charge in [-0.3, -0.25) is 9.69 Å². The average Bonchev–Trinajstić information content (AvgIpc) is 3.32. The van der Waals surface area contributed by atoms with Crippen molar-refractivity contribution in [1.82, 2.24) is 0 Å². The maximum Gasteiger partial charge on any atom is 0.416 e. The molecule has 0 unspecified atom stereocenters. The number of amides is 1. The minimum absolute atomic E-state index is 0.0318. The van der Waals surface area contributed by atoms with E-state index < -0.39 is 23.6 Å². The number of carboxylic acids is 1. The van der Waals surface area contributed by atoms with E-state index in [0.717, 1.165) is 28.8 Å². The van der Waals surface area contributed by atoms with Crippen molar-refractivity contribution < 1.29 is 32.3 Å². The monoisotopic (exact) mass is 475 g/mol. The van der Waals surface area contributed by atoms with Crippen molar-refractivity contribution >= 4 is 51.9 Å². The molecule has 2 aromatic carbocycles. The molecule has 162 valence electrons. The molecule has 0 radical (unpaired) electrons. The topological polar surface area (TPSA) is 70.8 Å². The van der Waals surface area contributed by atoms with Gasteiger partial charge in [-0.2, -0.15) is 13.2 Å². The van der Waals surface area contributed by atoms with Crippen LogP contribution in [0.25, 0.3) is 17.4 Å². The lowest BCUT2D eigenvalue weighted by atomic mass is 10.1. The average molecular weight is 475 g/mol. The summed E-state index contributed by atoms with van der Waals surface area (Å²) in [6, 6.07) is 13.8. The Kier molecular flexibility index (Phi) is 5.66. The molecule has 2 heterocycles. The minimum atomic E-state index is -4.54. The number of nitrogens with zero attached hydrogens (tertiary/aromatic N) is 1. The highest BCUT2D eigenvalue weighted by Crippen LogP contribution is 2.38. The Bertz CT molecular complexity index is 1260. The van der Waals surface area contributed by atoms with E-state index in [0.29, 0.717) is 17.1 Å². The number of thiocarbonyl (C=S) groups is 1. The molecule has 4 rings (SSSR count). The zero-order valence-electron chi connectivity index (χ0n) is 15.9. The fraction of sp³-hybridized carbons (Fsp3) is 0.0455. The van der Waals surface area contributed by atoms with Crippen LogP contribution in [0.2, 0.25) is 0 Å². The molecule has 1 aliphatic rings. The Balaban J connectivity index is 1.58. The Morgan fingerprint density at radius 3 is 2.47 bits per heavy atom. The molecule has 1 N–H and O–H groups in total. The lowest BCUT2D eigenvalue weighted by molar-refractivity contribution is -0.137. The second-order valence-corrected chi connectivity index (χ2v) is 8.33. The fourth-order valence-corrected chi connectivity index (χ4v) is 4.28. The van der Waals surface area contributed by atoms with Gasteiger partial charge in [0.25, 0.3) is 5.91 Å². The van der Waals surface area contributed by atoms with Gasteiger partial charge in [-0.05, 0) is 42.5 Å². The molecule has 0 saturated carbocycles. The van der Waals surface area contributed by atoms with E-state index in [-0.39, 0.29) is 20.5 Å². The summed E-state index contributed by atoms with van der Waals surface area (Å²) in [4.78, 5) is 25.0. The molecule has 0 bridgehead atoms. The fourth-order valence-electron chi connectivity index (χ4n) is 3.00. The lowest BCUT2D eigenvalue weighted by Crippen LogP contribution is -2.27. The van der Waals surface area contributed by atoms with E-state index in [1.165, 1.54) is 30.3 Å². The summed E-state index contributed by atoms with van der Waals surface area (Å²) < 4.78 is 44.9. The molecule has 5 nitrogen and oxygen atoms in total. The maximum absolute atomic E-state index is 13.0. The number of benzene rings is 2. The van der Waals surface area contributed by atoms with Gasteiger partial charge >= 0.3 is 12.1 Å². The normalized spacial score (nSPS) is 15.6. The first-order chi connectivity index (χ1) is 15.1. The maximum atomic E-state index is 13.0. The molecule has 1 aliphatic heterocycles. The molecule has 1 aromatic heterocycles. The number of aromatic carboxylic acids is 1. The van der Waals surface area contributed by atoms with Gasteiger partial charge in [-0.1, -0.05) is 42.2 Å².